The molecule has 1 fully saturated rings. The molecule has 18 heavy (non-hydrogen) atoms. The zero-order valence-corrected chi connectivity index (χ0v) is 10.6. The Kier molecular flexibility index (Phi) is 3.93. The molecule has 0 unspecified atom stereocenters. The minimum Gasteiger partial charge on any atom is -0.381 e. The number of nitrogens with two attached hydrogens (primary N) is 1. The second-order valence-electron chi connectivity index (χ2n) is 4.80. The van der Waals surface area contributed by atoms with E-state index < -0.39 is 0 Å². The third-order valence-corrected chi connectivity index (χ3v) is 3.36. The normalized spacial score (nSPS) is 18.3. The molecule has 1 aliphatic heterocycles. The molecular weight excluding hydrogens is 230 g/mol. The number of pyridine rings is 1. The molecule has 98 valence electrons. The summed E-state index contributed by atoms with van der Waals surface area (Å²) in [5.74, 6) is -0.112. The van der Waals surface area contributed by atoms with E-state index in [-0.39, 0.29) is 11.4 Å². The number of carbonyl (C=O) groups is 1. The Hall–Kier alpha value is -1.46. The predicted molar refractivity (Wildman–Crippen MR) is 68.3 cm³/mol. The summed E-state index contributed by atoms with van der Waals surface area (Å²) in [5, 5.41) is 3.04. The first-order chi connectivity index (χ1) is 8.65. The van der Waals surface area contributed by atoms with Crippen LogP contribution < -0.4 is 11.1 Å². The van der Waals surface area contributed by atoms with Gasteiger partial charge < -0.3 is 15.8 Å². The molecule has 0 aliphatic carbocycles. The lowest BCUT2D eigenvalue weighted by Gasteiger charge is -2.36. The van der Waals surface area contributed by atoms with E-state index in [1.807, 2.05) is 13.0 Å². The third kappa shape index (κ3) is 2.86. The predicted octanol–water partition coefficient (Wildman–Crippen LogP) is 0.628. The van der Waals surface area contributed by atoms with Crippen molar-refractivity contribution < 1.29 is 9.53 Å². The van der Waals surface area contributed by atoms with Crippen LogP contribution in [0.3, 0.4) is 0 Å². The van der Waals surface area contributed by atoms with E-state index in [0.717, 1.165) is 18.4 Å². The highest BCUT2D eigenvalue weighted by molar-refractivity contribution is 5.94. The molecule has 1 aliphatic rings. The Morgan fingerprint density at radius 1 is 1.50 bits per heavy atom. The van der Waals surface area contributed by atoms with Crippen molar-refractivity contribution in [1.29, 1.82) is 0 Å². The van der Waals surface area contributed by atoms with Gasteiger partial charge in [0.05, 0.1) is 11.1 Å². The average Bonchev–Trinajstić information content (AvgIpc) is 2.40. The summed E-state index contributed by atoms with van der Waals surface area (Å²) in [6, 6.07) is 1.83. The number of nitrogens with one attached hydrogen (secondary N) is 1. The Morgan fingerprint density at radius 3 is 2.83 bits per heavy atom. The van der Waals surface area contributed by atoms with Crippen LogP contribution in [0.15, 0.2) is 18.5 Å². The molecule has 1 aromatic heterocycles. The summed E-state index contributed by atoms with van der Waals surface area (Å²) in [7, 11) is 0. The van der Waals surface area contributed by atoms with E-state index in [1.165, 1.54) is 0 Å². The van der Waals surface area contributed by atoms with E-state index in [2.05, 4.69) is 10.3 Å². The zero-order valence-electron chi connectivity index (χ0n) is 10.6. The molecular formula is C13H19N3O2. The van der Waals surface area contributed by atoms with Crippen molar-refractivity contribution in [2.75, 3.05) is 19.8 Å². The van der Waals surface area contributed by atoms with E-state index in [9.17, 15) is 4.79 Å². The topological polar surface area (TPSA) is 77.2 Å². The van der Waals surface area contributed by atoms with Gasteiger partial charge in [-0.2, -0.15) is 0 Å². The average molecular weight is 249 g/mol. The Bertz CT molecular complexity index is 428. The molecule has 5 heteroatoms. The number of aryl methyl sites for hydroxylation is 1. The van der Waals surface area contributed by atoms with Gasteiger partial charge in [0.25, 0.3) is 5.91 Å². The van der Waals surface area contributed by atoms with Crippen molar-refractivity contribution in [2.45, 2.75) is 25.3 Å². The number of aromatic nitrogens is 1. The first-order valence-electron chi connectivity index (χ1n) is 6.17. The van der Waals surface area contributed by atoms with E-state index >= 15 is 0 Å². The smallest absolute Gasteiger partial charge is 0.253 e. The van der Waals surface area contributed by atoms with Crippen LogP contribution in [0.5, 0.6) is 0 Å². The monoisotopic (exact) mass is 249 g/mol. The first-order valence-corrected chi connectivity index (χ1v) is 6.17. The van der Waals surface area contributed by atoms with Crippen LogP contribution in [-0.4, -0.2) is 36.2 Å². The maximum absolute atomic E-state index is 12.2. The SMILES string of the molecule is Cc1cncc(C(=O)NC2(CN)CCOCC2)c1. The minimum absolute atomic E-state index is 0.112. The number of hydrogen-bond acceptors (Lipinski definition) is 4. The van der Waals surface area contributed by atoms with Gasteiger partial charge in [-0.05, 0) is 31.4 Å². The molecule has 2 rings (SSSR count). The number of carbonyl (C=O) groups excluding carboxylic acids is 1. The van der Waals surface area contributed by atoms with Gasteiger partial charge in [-0.25, -0.2) is 0 Å². The van der Waals surface area contributed by atoms with Gasteiger partial charge in [-0.3, -0.25) is 9.78 Å². The molecule has 5 nitrogen and oxygen atoms in total. The summed E-state index contributed by atoms with van der Waals surface area (Å²) in [6.07, 6.45) is 4.82. The molecule has 0 radical (unpaired) electrons. The number of nitrogens with zero attached hydrogens (tertiary/aromatic N) is 1. The van der Waals surface area contributed by atoms with Gasteiger partial charge >= 0.3 is 0 Å². The second-order valence-corrected chi connectivity index (χ2v) is 4.80. The number of rotatable bonds is 3. The molecule has 0 saturated carbocycles. The first kappa shape index (κ1) is 13.0. The Labute approximate surface area is 107 Å². The van der Waals surface area contributed by atoms with Crippen LogP contribution in [0.25, 0.3) is 0 Å². The summed E-state index contributed by atoms with van der Waals surface area (Å²) in [5.41, 5.74) is 7.02. The van der Waals surface area contributed by atoms with Gasteiger partial charge in [0, 0.05) is 32.2 Å². The summed E-state index contributed by atoms with van der Waals surface area (Å²) in [4.78, 5) is 16.2. The van der Waals surface area contributed by atoms with Gasteiger partial charge in [0.2, 0.25) is 0 Å². The van der Waals surface area contributed by atoms with Crippen LogP contribution in [0, 0.1) is 6.92 Å². The van der Waals surface area contributed by atoms with Crippen LogP contribution in [0.1, 0.15) is 28.8 Å². The lowest BCUT2D eigenvalue weighted by Crippen LogP contribution is -2.56. The van der Waals surface area contributed by atoms with Crippen molar-refractivity contribution >= 4 is 5.91 Å². The lowest BCUT2D eigenvalue weighted by molar-refractivity contribution is 0.0388. The third-order valence-electron chi connectivity index (χ3n) is 3.36. The van der Waals surface area contributed by atoms with Crippen LogP contribution in [0.2, 0.25) is 0 Å². The van der Waals surface area contributed by atoms with E-state index in [0.29, 0.717) is 25.3 Å². The maximum Gasteiger partial charge on any atom is 0.253 e. The highest BCUT2D eigenvalue weighted by Crippen LogP contribution is 2.20. The minimum atomic E-state index is -0.334. The van der Waals surface area contributed by atoms with Gasteiger partial charge in [-0.1, -0.05) is 0 Å². The molecule has 0 bridgehead atoms. The Balaban J connectivity index is 2.10. The number of amides is 1. The van der Waals surface area contributed by atoms with Gasteiger partial charge in [-0.15, -0.1) is 0 Å². The molecule has 1 saturated heterocycles. The number of hydrogen-bond donors (Lipinski definition) is 2. The lowest BCUT2D eigenvalue weighted by atomic mass is 9.90. The summed E-state index contributed by atoms with van der Waals surface area (Å²) >= 11 is 0. The fourth-order valence-corrected chi connectivity index (χ4v) is 2.13. The molecule has 0 aromatic carbocycles. The van der Waals surface area contributed by atoms with E-state index in [1.54, 1.807) is 12.4 Å². The molecule has 0 atom stereocenters. The molecule has 1 amide bonds. The summed E-state index contributed by atoms with van der Waals surface area (Å²) in [6.45, 7) is 3.63. The van der Waals surface area contributed by atoms with Gasteiger partial charge in [0.1, 0.15) is 0 Å². The number of ether oxygens (including phenoxy) is 1. The molecule has 2 heterocycles. The Morgan fingerprint density at radius 2 is 2.22 bits per heavy atom. The highest BCUT2D eigenvalue weighted by Gasteiger charge is 2.33. The van der Waals surface area contributed by atoms with Crippen molar-refractivity contribution in [3.05, 3.63) is 29.6 Å². The fraction of sp³-hybridized carbons (Fsp3) is 0.538. The largest absolute Gasteiger partial charge is 0.381 e. The van der Waals surface area contributed by atoms with Crippen molar-refractivity contribution in [3.8, 4) is 0 Å². The van der Waals surface area contributed by atoms with Crippen molar-refractivity contribution in [2.24, 2.45) is 5.73 Å². The quantitative estimate of drug-likeness (QED) is 0.823. The molecule has 1 aromatic rings. The standard InChI is InChI=1S/C13H19N3O2/c1-10-6-11(8-15-7-10)12(17)16-13(9-14)2-4-18-5-3-13/h6-8H,2-5,9,14H2,1H3,(H,16,17). The van der Waals surface area contributed by atoms with Gasteiger partial charge in [0.15, 0.2) is 0 Å². The molecule has 3 N–H and O–H groups in total. The van der Waals surface area contributed by atoms with Crippen molar-refractivity contribution in [1.82, 2.24) is 10.3 Å². The highest BCUT2D eigenvalue weighted by atomic mass is 16.5. The van der Waals surface area contributed by atoms with Crippen molar-refractivity contribution in [3.63, 3.8) is 0 Å². The maximum atomic E-state index is 12.2. The van der Waals surface area contributed by atoms with Crippen LogP contribution in [-0.2, 0) is 4.74 Å². The zero-order chi connectivity index (χ0) is 13.0. The van der Waals surface area contributed by atoms with Crippen LogP contribution >= 0.6 is 0 Å². The van der Waals surface area contributed by atoms with Crippen LogP contribution in [0.4, 0.5) is 0 Å². The summed E-state index contributed by atoms with van der Waals surface area (Å²) < 4.78 is 5.31. The van der Waals surface area contributed by atoms with E-state index in [4.69, 9.17) is 10.5 Å². The second kappa shape index (κ2) is 5.46. The molecule has 0 spiro atoms. The fourth-order valence-electron chi connectivity index (χ4n) is 2.13.